The fraction of sp³-hybridized carbons (Fsp3) is 0.250. The normalized spacial score (nSPS) is 13.3. The van der Waals surface area contributed by atoms with E-state index in [0.29, 0.717) is 5.56 Å². The molecule has 2 aromatic heterocycles. The van der Waals surface area contributed by atoms with Crippen molar-refractivity contribution in [3.8, 4) is 17.2 Å². The number of aromatic nitrogens is 1. The van der Waals surface area contributed by atoms with Crippen molar-refractivity contribution in [3.63, 3.8) is 0 Å². The number of hydrogen-bond donors (Lipinski definition) is 1. The van der Waals surface area contributed by atoms with Crippen molar-refractivity contribution in [1.82, 2.24) is 4.57 Å². The molecule has 0 spiro atoms. The van der Waals surface area contributed by atoms with Crippen LogP contribution in [0.4, 0.5) is 0 Å². The first-order valence-corrected chi connectivity index (χ1v) is 7.26. The molecule has 3 nitrogen and oxygen atoms in total. The van der Waals surface area contributed by atoms with Gasteiger partial charge in [0.15, 0.2) is 6.23 Å². The van der Waals surface area contributed by atoms with Gasteiger partial charge in [-0.1, -0.05) is 34.8 Å². The summed E-state index contributed by atoms with van der Waals surface area (Å²) in [5.41, 5.74) is 2.08. The van der Waals surface area contributed by atoms with E-state index in [4.69, 9.17) is 40.1 Å². The number of aryl methyl sites for hydroxylation is 1. The summed E-state index contributed by atoms with van der Waals surface area (Å²) in [5.74, 6) is 0. The van der Waals surface area contributed by atoms with Crippen LogP contribution >= 0.6 is 46.1 Å². The Balaban J connectivity index is 2.51. The Bertz CT molecular complexity index is 636. The molecule has 2 rings (SSSR count). The van der Waals surface area contributed by atoms with Crippen LogP contribution in [0.25, 0.3) is 11.1 Å². The topological polar surface area (TPSA) is 49.0 Å². The zero-order valence-corrected chi connectivity index (χ0v) is 12.9. The molecule has 0 aliphatic heterocycles. The van der Waals surface area contributed by atoms with Crippen LogP contribution in [0.5, 0.6) is 0 Å². The molecule has 0 aromatic carbocycles. The Morgan fingerprint density at radius 1 is 1.37 bits per heavy atom. The van der Waals surface area contributed by atoms with Gasteiger partial charge in [0.1, 0.15) is 6.07 Å². The highest BCUT2D eigenvalue weighted by Gasteiger charge is 2.32. The number of halogens is 3. The smallest absolute Gasteiger partial charge is 0.234 e. The molecule has 19 heavy (non-hydrogen) atoms. The van der Waals surface area contributed by atoms with Crippen molar-refractivity contribution in [2.75, 3.05) is 0 Å². The van der Waals surface area contributed by atoms with Gasteiger partial charge in [-0.05, 0) is 23.9 Å². The van der Waals surface area contributed by atoms with Crippen LogP contribution < -0.4 is 0 Å². The minimum Gasteiger partial charge on any atom is -0.369 e. The van der Waals surface area contributed by atoms with Crippen molar-refractivity contribution >= 4 is 46.1 Å². The third kappa shape index (κ3) is 2.91. The second kappa shape index (κ2) is 5.35. The summed E-state index contributed by atoms with van der Waals surface area (Å²) in [6, 6.07) is 4.00. The minimum absolute atomic E-state index is 0.426. The maximum absolute atomic E-state index is 9.92. The largest absolute Gasteiger partial charge is 0.369 e. The summed E-state index contributed by atoms with van der Waals surface area (Å²) < 4.78 is -0.523. The summed E-state index contributed by atoms with van der Waals surface area (Å²) in [4.78, 5) is 1.08. The van der Waals surface area contributed by atoms with Crippen LogP contribution in [-0.2, 0) is 0 Å². The van der Waals surface area contributed by atoms with Gasteiger partial charge in [0.2, 0.25) is 3.79 Å². The van der Waals surface area contributed by atoms with E-state index in [2.05, 4.69) is 6.07 Å². The molecule has 0 fully saturated rings. The van der Waals surface area contributed by atoms with Gasteiger partial charge in [0.25, 0.3) is 0 Å². The van der Waals surface area contributed by atoms with Gasteiger partial charge in [-0.15, -0.1) is 11.3 Å². The summed E-state index contributed by atoms with van der Waals surface area (Å²) >= 11 is 18.6. The molecule has 0 aliphatic carbocycles. The van der Waals surface area contributed by atoms with Gasteiger partial charge in [0, 0.05) is 22.8 Å². The Hall–Kier alpha value is -0.700. The first kappa shape index (κ1) is 14.7. The molecule has 0 aliphatic rings. The summed E-state index contributed by atoms with van der Waals surface area (Å²) in [6.07, 6.45) is 1.73. The lowest BCUT2D eigenvalue weighted by Gasteiger charge is -2.20. The predicted octanol–water partition coefficient (Wildman–Crippen LogP) is 4.26. The van der Waals surface area contributed by atoms with E-state index in [0.717, 1.165) is 16.0 Å². The van der Waals surface area contributed by atoms with E-state index in [1.165, 1.54) is 10.8 Å². The minimum atomic E-state index is -1.85. The van der Waals surface area contributed by atoms with E-state index >= 15 is 0 Å². The van der Waals surface area contributed by atoms with Crippen LogP contribution in [0.2, 0.25) is 0 Å². The Morgan fingerprint density at radius 2 is 2.05 bits per heavy atom. The van der Waals surface area contributed by atoms with E-state index < -0.39 is 10.0 Å². The number of hydrogen-bond acceptors (Lipinski definition) is 3. The molecule has 100 valence electrons. The highest BCUT2D eigenvalue weighted by atomic mass is 35.6. The summed E-state index contributed by atoms with van der Waals surface area (Å²) in [5, 5.41) is 21.0. The fourth-order valence-electron chi connectivity index (χ4n) is 1.75. The lowest BCUT2D eigenvalue weighted by atomic mass is 10.1. The molecule has 0 radical (unpaired) electrons. The number of aliphatic hydroxyl groups excluding tert-OH is 1. The SMILES string of the molecule is Cc1sccc1-c1cn(C(O)C(Cl)(Cl)Cl)cc1C#N. The van der Waals surface area contributed by atoms with E-state index in [1.54, 1.807) is 17.5 Å². The van der Waals surface area contributed by atoms with Crippen molar-refractivity contribution in [3.05, 3.63) is 34.3 Å². The standard InChI is InChI=1S/C12H9Cl3N2OS/c1-7-9(2-3-19-7)10-6-17(5-8(10)4-16)11(18)12(13,14)15/h2-3,5-6,11,18H,1H3. The van der Waals surface area contributed by atoms with Gasteiger partial charge in [-0.2, -0.15) is 5.26 Å². The molecule has 0 saturated heterocycles. The molecule has 1 atom stereocenters. The van der Waals surface area contributed by atoms with Crippen molar-refractivity contribution < 1.29 is 5.11 Å². The maximum Gasteiger partial charge on any atom is 0.234 e. The predicted molar refractivity (Wildman–Crippen MR) is 78.7 cm³/mol. The lowest BCUT2D eigenvalue weighted by Crippen LogP contribution is -2.21. The summed E-state index contributed by atoms with van der Waals surface area (Å²) in [7, 11) is 0. The average Bonchev–Trinajstić information content (AvgIpc) is 2.92. The van der Waals surface area contributed by atoms with E-state index in [-0.39, 0.29) is 0 Å². The monoisotopic (exact) mass is 334 g/mol. The second-order valence-electron chi connectivity index (χ2n) is 3.95. The number of nitrogens with zero attached hydrogens (tertiary/aromatic N) is 2. The van der Waals surface area contributed by atoms with Gasteiger partial charge >= 0.3 is 0 Å². The molecule has 1 N–H and O–H groups in total. The van der Waals surface area contributed by atoms with Crippen molar-refractivity contribution in [2.45, 2.75) is 16.9 Å². The van der Waals surface area contributed by atoms with Gasteiger partial charge in [-0.3, -0.25) is 0 Å². The fourth-order valence-corrected chi connectivity index (χ4v) is 2.80. The number of alkyl halides is 3. The highest BCUT2D eigenvalue weighted by Crippen LogP contribution is 2.39. The van der Waals surface area contributed by atoms with Crippen LogP contribution in [0, 0.1) is 18.3 Å². The van der Waals surface area contributed by atoms with Crippen LogP contribution in [0.15, 0.2) is 23.8 Å². The highest BCUT2D eigenvalue weighted by molar-refractivity contribution is 7.10. The third-order valence-electron chi connectivity index (χ3n) is 2.69. The summed E-state index contributed by atoms with van der Waals surface area (Å²) in [6.45, 7) is 1.96. The first-order valence-electron chi connectivity index (χ1n) is 5.25. The van der Waals surface area contributed by atoms with Crippen LogP contribution in [0.3, 0.4) is 0 Å². The number of rotatable bonds is 2. The van der Waals surface area contributed by atoms with Crippen LogP contribution in [-0.4, -0.2) is 13.5 Å². The maximum atomic E-state index is 9.92. The van der Waals surface area contributed by atoms with E-state index in [1.807, 2.05) is 18.4 Å². The molecule has 7 heteroatoms. The molecule has 2 aromatic rings. The zero-order valence-electron chi connectivity index (χ0n) is 9.77. The Labute approximate surface area is 129 Å². The van der Waals surface area contributed by atoms with Gasteiger partial charge in [-0.25, -0.2) is 0 Å². The molecular weight excluding hydrogens is 327 g/mol. The zero-order chi connectivity index (χ0) is 14.2. The number of aliphatic hydroxyl groups is 1. The van der Waals surface area contributed by atoms with Gasteiger partial charge in [0.05, 0.1) is 5.56 Å². The quantitative estimate of drug-likeness (QED) is 0.834. The number of thiophene rings is 1. The molecular formula is C12H9Cl3N2OS. The Morgan fingerprint density at radius 3 is 2.53 bits per heavy atom. The van der Waals surface area contributed by atoms with Crippen molar-refractivity contribution in [1.29, 1.82) is 5.26 Å². The van der Waals surface area contributed by atoms with Gasteiger partial charge < -0.3 is 9.67 Å². The van der Waals surface area contributed by atoms with Crippen LogP contribution in [0.1, 0.15) is 16.7 Å². The molecule has 0 saturated carbocycles. The second-order valence-corrected chi connectivity index (χ2v) is 7.44. The average molecular weight is 336 g/mol. The third-order valence-corrected chi connectivity index (χ3v) is 4.12. The molecule has 0 bridgehead atoms. The lowest BCUT2D eigenvalue weighted by molar-refractivity contribution is 0.109. The number of nitriles is 1. The van der Waals surface area contributed by atoms with Crippen molar-refractivity contribution in [2.24, 2.45) is 0 Å². The molecule has 1 unspecified atom stereocenters. The Kier molecular flexibility index (Phi) is 4.14. The molecule has 0 amide bonds. The molecule has 2 heterocycles. The van der Waals surface area contributed by atoms with E-state index in [9.17, 15) is 5.11 Å². The first-order chi connectivity index (χ1) is 8.84.